The number of carbonyl (C=O) groups excluding carboxylic acids is 2. The van der Waals surface area contributed by atoms with Crippen molar-refractivity contribution in [1.29, 1.82) is 0 Å². The van der Waals surface area contributed by atoms with E-state index >= 15 is 0 Å². The number of para-hydroxylation sites is 1. The van der Waals surface area contributed by atoms with Crippen LogP contribution in [0.15, 0.2) is 52.4 Å². The van der Waals surface area contributed by atoms with Gasteiger partial charge in [-0.1, -0.05) is 43.8 Å². The Bertz CT molecular complexity index is 1240. The van der Waals surface area contributed by atoms with Gasteiger partial charge in [-0.3, -0.25) is 19.4 Å². The van der Waals surface area contributed by atoms with E-state index in [1.807, 2.05) is 0 Å². The zero-order chi connectivity index (χ0) is 24.1. The molecule has 0 fully saturated rings. The Labute approximate surface area is 194 Å². The summed E-state index contributed by atoms with van der Waals surface area (Å²) in [5.41, 5.74) is 1.55. The number of anilines is 2. The van der Waals surface area contributed by atoms with E-state index in [0.717, 1.165) is 11.8 Å². The number of rotatable bonds is 7. The van der Waals surface area contributed by atoms with E-state index in [-0.39, 0.29) is 34.4 Å². The summed E-state index contributed by atoms with van der Waals surface area (Å²) < 4.78 is 13.3. The average molecular weight is 470 g/mol. The first-order valence-electron chi connectivity index (χ1n) is 10.3. The van der Waals surface area contributed by atoms with E-state index in [1.54, 1.807) is 52.0 Å². The number of aryl methyl sites for hydroxylation is 1. The van der Waals surface area contributed by atoms with Gasteiger partial charge in [-0.25, -0.2) is 4.39 Å². The highest BCUT2D eigenvalue weighted by molar-refractivity contribution is 8.00. The first-order chi connectivity index (χ1) is 15.7. The van der Waals surface area contributed by atoms with Crippen LogP contribution in [0.2, 0.25) is 0 Å². The van der Waals surface area contributed by atoms with E-state index in [0.29, 0.717) is 22.5 Å². The van der Waals surface area contributed by atoms with Gasteiger partial charge in [0, 0.05) is 17.2 Å². The molecule has 3 aromatic rings. The van der Waals surface area contributed by atoms with Gasteiger partial charge >= 0.3 is 0 Å². The van der Waals surface area contributed by atoms with Crippen LogP contribution in [0.5, 0.6) is 0 Å². The van der Waals surface area contributed by atoms with Crippen molar-refractivity contribution in [2.45, 2.75) is 38.1 Å². The van der Waals surface area contributed by atoms with Gasteiger partial charge in [0.15, 0.2) is 10.9 Å². The normalized spacial score (nSPS) is 11.8. The molecule has 1 heterocycles. The van der Waals surface area contributed by atoms with Crippen molar-refractivity contribution < 1.29 is 14.0 Å². The number of aromatic amines is 1. The molecule has 8 nitrogen and oxygen atoms in total. The molecule has 0 spiro atoms. The fraction of sp³-hybridized carbons (Fsp3) is 0.261. The van der Waals surface area contributed by atoms with Gasteiger partial charge in [-0.2, -0.15) is 0 Å². The summed E-state index contributed by atoms with van der Waals surface area (Å²) >= 11 is 1.03. The quantitative estimate of drug-likeness (QED) is 0.451. The smallest absolute Gasteiger partial charge is 0.278 e. The number of nitrogens with one attached hydrogen (secondary N) is 3. The topological polar surface area (TPSA) is 117 Å². The number of hydrogen-bond acceptors (Lipinski definition) is 6. The van der Waals surface area contributed by atoms with Crippen LogP contribution in [0.3, 0.4) is 0 Å². The minimum Gasteiger partial charge on any atom is -0.325 e. The molecule has 0 unspecified atom stereocenters. The third-order valence-electron chi connectivity index (χ3n) is 4.74. The van der Waals surface area contributed by atoms with Crippen molar-refractivity contribution in [2.24, 2.45) is 5.92 Å². The number of nitrogens with zero attached hydrogens (tertiary/aromatic N) is 2. The summed E-state index contributed by atoms with van der Waals surface area (Å²) in [6.07, 6.45) is 0. The summed E-state index contributed by atoms with van der Waals surface area (Å²) in [5.74, 6) is -1.13. The highest BCUT2D eigenvalue weighted by Gasteiger charge is 2.19. The molecule has 2 aromatic carbocycles. The van der Waals surface area contributed by atoms with Crippen molar-refractivity contribution in [1.82, 2.24) is 15.2 Å². The van der Waals surface area contributed by atoms with Gasteiger partial charge in [-0.05, 0) is 43.7 Å². The predicted octanol–water partition coefficient (Wildman–Crippen LogP) is 3.99. The average Bonchev–Trinajstić information content (AvgIpc) is 2.76. The van der Waals surface area contributed by atoms with Crippen LogP contribution in [-0.4, -0.2) is 32.2 Å². The largest absolute Gasteiger partial charge is 0.325 e. The predicted molar refractivity (Wildman–Crippen MR) is 127 cm³/mol. The van der Waals surface area contributed by atoms with Crippen LogP contribution < -0.4 is 16.2 Å². The molecule has 172 valence electrons. The van der Waals surface area contributed by atoms with Crippen molar-refractivity contribution in [3.63, 3.8) is 0 Å². The lowest BCUT2D eigenvalue weighted by Crippen LogP contribution is -2.24. The SMILES string of the molecule is Cc1cc(F)ccc1NC(=O)[C@@H](C)Sc1nnc(-c2ccccc2NC(=O)C(C)C)c(=O)[nH]1. The monoisotopic (exact) mass is 469 g/mol. The minimum absolute atomic E-state index is 0.0537. The molecular weight excluding hydrogens is 445 g/mol. The number of H-pyrrole nitrogens is 1. The number of halogens is 1. The third-order valence-corrected chi connectivity index (χ3v) is 5.72. The second-order valence-corrected chi connectivity index (χ2v) is 9.04. The molecule has 0 aliphatic heterocycles. The Balaban J connectivity index is 1.75. The van der Waals surface area contributed by atoms with Crippen molar-refractivity contribution in [2.75, 3.05) is 10.6 Å². The van der Waals surface area contributed by atoms with Gasteiger partial charge < -0.3 is 10.6 Å². The second kappa shape index (κ2) is 10.4. The van der Waals surface area contributed by atoms with Crippen LogP contribution in [0.25, 0.3) is 11.3 Å². The summed E-state index contributed by atoms with van der Waals surface area (Å²) in [7, 11) is 0. The van der Waals surface area contributed by atoms with Crippen LogP contribution >= 0.6 is 11.8 Å². The Morgan fingerprint density at radius 1 is 1.00 bits per heavy atom. The van der Waals surface area contributed by atoms with Crippen LogP contribution in [-0.2, 0) is 9.59 Å². The summed E-state index contributed by atoms with van der Waals surface area (Å²) in [6, 6.07) is 10.9. The molecule has 0 aliphatic carbocycles. The van der Waals surface area contributed by atoms with Crippen LogP contribution in [0.4, 0.5) is 15.8 Å². The van der Waals surface area contributed by atoms with Crippen LogP contribution in [0, 0.1) is 18.7 Å². The van der Waals surface area contributed by atoms with Crippen molar-refractivity contribution in [3.8, 4) is 11.3 Å². The first-order valence-corrected chi connectivity index (χ1v) is 11.1. The molecule has 1 atom stereocenters. The lowest BCUT2D eigenvalue weighted by molar-refractivity contribution is -0.119. The maximum atomic E-state index is 13.3. The Kier molecular flexibility index (Phi) is 7.59. The Morgan fingerprint density at radius 2 is 1.70 bits per heavy atom. The van der Waals surface area contributed by atoms with E-state index in [4.69, 9.17) is 0 Å². The van der Waals surface area contributed by atoms with Gasteiger partial charge in [0.1, 0.15) is 5.82 Å². The molecule has 1 aromatic heterocycles. The van der Waals surface area contributed by atoms with Crippen molar-refractivity contribution >= 4 is 35.0 Å². The number of amides is 2. The first kappa shape index (κ1) is 24.1. The van der Waals surface area contributed by atoms with E-state index in [9.17, 15) is 18.8 Å². The van der Waals surface area contributed by atoms with Crippen LogP contribution in [0.1, 0.15) is 26.3 Å². The van der Waals surface area contributed by atoms with Crippen molar-refractivity contribution in [3.05, 3.63) is 64.2 Å². The molecule has 0 bridgehead atoms. The van der Waals surface area contributed by atoms with E-state index < -0.39 is 10.8 Å². The number of thioether (sulfide) groups is 1. The molecule has 3 N–H and O–H groups in total. The molecule has 2 amide bonds. The lowest BCUT2D eigenvalue weighted by atomic mass is 10.1. The third kappa shape index (κ3) is 6.04. The number of carbonyl (C=O) groups is 2. The molecule has 0 aliphatic rings. The lowest BCUT2D eigenvalue weighted by Gasteiger charge is -2.13. The fourth-order valence-corrected chi connectivity index (χ4v) is 3.59. The minimum atomic E-state index is -0.608. The van der Waals surface area contributed by atoms with Gasteiger partial charge in [-0.15, -0.1) is 10.2 Å². The molecule has 0 radical (unpaired) electrons. The standard InChI is InChI=1S/C23H24FN5O3S/c1-12(2)20(30)26-18-8-6-5-7-16(18)19-22(32)27-23(29-28-19)33-14(4)21(31)25-17-10-9-15(24)11-13(17)3/h5-12,14H,1-4H3,(H,25,31)(H,26,30)(H,27,29,32)/t14-/m1/s1. The van der Waals surface area contributed by atoms with Gasteiger partial charge in [0.2, 0.25) is 11.8 Å². The molecule has 33 heavy (non-hydrogen) atoms. The van der Waals surface area contributed by atoms with E-state index in [1.165, 1.54) is 18.2 Å². The highest BCUT2D eigenvalue weighted by atomic mass is 32.2. The summed E-state index contributed by atoms with van der Waals surface area (Å²) in [5, 5.41) is 13.2. The van der Waals surface area contributed by atoms with Gasteiger partial charge in [0.05, 0.1) is 10.9 Å². The Hall–Kier alpha value is -3.53. The fourth-order valence-electron chi connectivity index (χ4n) is 2.85. The number of aromatic nitrogens is 3. The molecular formula is C23H24FN5O3S. The van der Waals surface area contributed by atoms with Gasteiger partial charge in [0.25, 0.3) is 5.56 Å². The summed E-state index contributed by atoms with van der Waals surface area (Å²) in [4.78, 5) is 40.0. The number of benzene rings is 2. The highest BCUT2D eigenvalue weighted by Crippen LogP contribution is 2.25. The van der Waals surface area contributed by atoms with E-state index in [2.05, 4.69) is 25.8 Å². The molecule has 3 rings (SSSR count). The molecule has 0 saturated heterocycles. The molecule has 10 heteroatoms. The summed E-state index contributed by atoms with van der Waals surface area (Å²) in [6.45, 7) is 6.89. The zero-order valence-corrected chi connectivity index (χ0v) is 19.4. The maximum Gasteiger partial charge on any atom is 0.278 e. The number of hydrogen-bond donors (Lipinski definition) is 3. The zero-order valence-electron chi connectivity index (χ0n) is 18.6. The Morgan fingerprint density at radius 3 is 2.36 bits per heavy atom. The molecule has 0 saturated carbocycles. The maximum absolute atomic E-state index is 13.3. The second-order valence-electron chi connectivity index (χ2n) is 7.71.